The topological polar surface area (TPSA) is 55.0 Å². The van der Waals surface area contributed by atoms with Crippen LogP contribution in [0.3, 0.4) is 0 Å². The summed E-state index contributed by atoms with van der Waals surface area (Å²) in [5, 5.41) is 0. The Morgan fingerprint density at radius 1 is 1.60 bits per heavy atom. The standard InChI is InChI=1S/C10H9IN2O2/c1-15-8(14)4-6-2-3-7(11)10-9(6)12-5-13-10/h2-3,5H,4H2,1H3,(H,12,13). The van der Waals surface area contributed by atoms with Crippen LogP contribution in [0.5, 0.6) is 0 Å². The third kappa shape index (κ3) is 1.97. The van der Waals surface area contributed by atoms with Gasteiger partial charge in [-0.1, -0.05) is 6.07 Å². The van der Waals surface area contributed by atoms with Crippen LogP contribution in [-0.4, -0.2) is 23.0 Å². The molecule has 0 bridgehead atoms. The van der Waals surface area contributed by atoms with Crippen molar-refractivity contribution in [3.63, 3.8) is 0 Å². The molecule has 1 aromatic heterocycles. The molecule has 0 fully saturated rings. The number of aromatic nitrogens is 2. The second-order valence-electron chi connectivity index (χ2n) is 3.09. The van der Waals surface area contributed by atoms with Crippen molar-refractivity contribution in [2.75, 3.05) is 7.11 Å². The lowest BCUT2D eigenvalue weighted by Crippen LogP contribution is -2.05. The molecule has 1 N–H and O–H groups in total. The number of aromatic amines is 1. The molecule has 0 radical (unpaired) electrons. The highest BCUT2D eigenvalue weighted by molar-refractivity contribution is 14.1. The first-order chi connectivity index (χ1) is 7.22. The second-order valence-corrected chi connectivity index (χ2v) is 4.25. The van der Waals surface area contributed by atoms with Crippen LogP contribution in [0, 0.1) is 3.57 Å². The second kappa shape index (κ2) is 4.18. The molecule has 15 heavy (non-hydrogen) atoms. The van der Waals surface area contributed by atoms with Gasteiger partial charge in [-0.25, -0.2) is 4.98 Å². The monoisotopic (exact) mass is 316 g/mol. The fourth-order valence-corrected chi connectivity index (χ4v) is 2.02. The molecule has 0 saturated carbocycles. The molecule has 0 unspecified atom stereocenters. The van der Waals surface area contributed by atoms with Crippen molar-refractivity contribution >= 4 is 39.6 Å². The van der Waals surface area contributed by atoms with Crippen LogP contribution in [0.1, 0.15) is 5.56 Å². The number of nitrogens with zero attached hydrogens (tertiary/aromatic N) is 1. The molecule has 78 valence electrons. The van der Waals surface area contributed by atoms with Gasteiger partial charge in [-0.05, 0) is 34.2 Å². The van der Waals surface area contributed by atoms with E-state index in [4.69, 9.17) is 0 Å². The first-order valence-corrected chi connectivity index (χ1v) is 5.47. The zero-order chi connectivity index (χ0) is 10.8. The average molecular weight is 316 g/mol. The van der Waals surface area contributed by atoms with Crippen molar-refractivity contribution in [2.45, 2.75) is 6.42 Å². The van der Waals surface area contributed by atoms with Gasteiger partial charge in [0.1, 0.15) is 0 Å². The van der Waals surface area contributed by atoms with E-state index in [1.54, 1.807) is 6.33 Å². The maximum atomic E-state index is 11.2. The molecule has 5 heteroatoms. The smallest absolute Gasteiger partial charge is 0.310 e. The molecule has 2 aromatic rings. The SMILES string of the molecule is COC(=O)Cc1ccc(I)c2[nH]cnc12. The summed E-state index contributed by atoms with van der Waals surface area (Å²) >= 11 is 2.23. The maximum absolute atomic E-state index is 11.2. The van der Waals surface area contributed by atoms with Crippen LogP contribution in [0.25, 0.3) is 11.0 Å². The highest BCUT2D eigenvalue weighted by atomic mass is 127. The van der Waals surface area contributed by atoms with Gasteiger partial charge in [-0.3, -0.25) is 4.79 Å². The molecule has 1 heterocycles. The number of carbonyl (C=O) groups is 1. The number of benzene rings is 1. The lowest BCUT2D eigenvalue weighted by Gasteiger charge is -2.02. The number of H-pyrrole nitrogens is 1. The van der Waals surface area contributed by atoms with Crippen LogP contribution in [0.4, 0.5) is 0 Å². The van der Waals surface area contributed by atoms with Crippen molar-refractivity contribution in [3.8, 4) is 0 Å². The number of nitrogens with one attached hydrogen (secondary N) is 1. The molecule has 2 rings (SSSR count). The molecule has 0 aliphatic carbocycles. The van der Waals surface area contributed by atoms with Gasteiger partial charge in [-0.15, -0.1) is 0 Å². The van der Waals surface area contributed by atoms with Gasteiger partial charge in [0.05, 0.1) is 30.9 Å². The zero-order valence-corrected chi connectivity index (χ0v) is 10.2. The maximum Gasteiger partial charge on any atom is 0.310 e. The molecule has 0 aliphatic heterocycles. The molecule has 0 spiro atoms. The van der Waals surface area contributed by atoms with Crippen LogP contribution in [0.15, 0.2) is 18.5 Å². The summed E-state index contributed by atoms with van der Waals surface area (Å²) < 4.78 is 5.72. The third-order valence-corrected chi connectivity index (χ3v) is 3.07. The molecular weight excluding hydrogens is 307 g/mol. The lowest BCUT2D eigenvalue weighted by atomic mass is 10.1. The van der Waals surface area contributed by atoms with E-state index in [1.807, 2.05) is 12.1 Å². The van der Waals surface area contributed by atoms with Crippen LogP contribution in [-0.2, 0) is 16.0 Å². The summed E-state index contributed by atoms with van der Waals surface area (Å²) in [6.45, 7) is 0. The lowest BCUT2D eigenvalue weighted by molar-refractivity contribution is -0.139. The number of ether oxygens (including phenoxy) is 1. The van der Waals surface area contributed by atoms with E-state index in [-0.39, 0.29) is 12.4 Å². The number of hydrogen-bond acceptors (Lipinski definition) is 3. The van der Waals surface area contributed by atoms with Crippen molar-refractivity contribution in [3.05, 3.63) is 27.6 Å². The summed E-state index contributed by atoms with van der Waals surface area (Å²) in [5.41, 5.74) is 2.70. The fraction of sp³-hybridized carbons (Fsp3) is 0.200. The Hall–Kier alpha value is -1.11. The minimum absolute atomic E-state index is 0.250. The first kappa shape index (κ1) is 10.4. The summed E-state index contributed by atoms with van der Waals surface area (Å²) in [6, 6.07) is 3.86. The molecule has 1 aromatic carbocycles. The molecule has 0 saturated heterocycles. The van der Waals surface area contributed by atoms with Gasteiger partial charge < -0.3 is 9.72 Å². The van der Waals surface area contributed by atoms with Crippen molar-refractivity contribution in [2.24, 2.45) is 0 Å². The first-order valence-electron chi connectivity index (χ1n) is 4.39. The third-order valence-electron chi connectivity index (χ3n) is 2.18. The number of rotatable bonds is 2. The van der Waals surface area contributed by atoms with Crippen LogP contribution in [0.2, 0.25) is 0 Å². The Balaban J connectivity index is 2.48. The number of fused-ring (bicyclic) bond motifs is 1. The molecule has 0 amide bonds. The Bertz CT molecular complexity index is 507. The Morgan fingerprint density at radius 2 is 2.40 bits per heavy atom. The van der Waals surface area contributed by atoms with Crippen molar-refractivity contribution in [1.82, 2.24) is 9.97 Å². The van der Waals surface area contributed by atoms with Gasteiger partial charge in [0.15, 0.2) is 0 Å². The largest absolute Gasteiger partial charge is 0.469 e. The molecule has 4 nitrogen and oxygen atoms in total. The highest BCUT2D eigenvalue weighted by Gasteiger charge is 2.10. The Labute approximate surface area is 100 Å². The normalized spacial score (nSPS) is 10.5. The number of methoxy groups -OCH3 is 1. The van der Waals surface area contributed by atoms with Gasteiger partial charge in [-0.2, -0.15) is 0 Å². The van der Waals surface area contributed by atoms with Gasteiger partial charge >= 0.3 is 5.97 Å². The predicted molar refractivity (Wildman–Crippen MR) is 64.5 cm³/mol. The number of esters is 1. The number of halogens is 1. The van der Waals surface area contributed by atoms with E-state index in [2.05, 4.69) is 37.3 Å². The number of imidazole rings is 1. The average Bonchev–Trinajstić information content (AvgIpc) is 2.71. The summed E-state index contributed by atoms with van der Waals surface area (Å²) in [4.78, 5) is 18.4. The highest BCUT2D eigenvalue weighted by Crippen LogP contribution is 2.21. The van der Waals surface area contributed by atoms with Crippen molar-refractivity contribution < 1.29 is 9.53 Å². The molecule has 0 aliphatic rings. The van der Waals surface area contributed by atoms with Gasteiger partial charge in [0.25, 0.3) is 0 Å². The van der Waals surface area contributed by atoms with E-state index in [1.165, 1.54) is 7.11 Å². The Morgan fingerprint density at radius 3 is 3.13 bits per heavy atom. The molecule has 0 atom stereocenters. The van der Waals surface area contributed by atoms with E-state index in [0.717, 1.165) is 20.2 Å². The minimum atomic E-state index is -0.250. The fourth-order valence-electron chi connectivity index (χ4n) is 1.43. The van der Waals surface area contributed by atoms with Crippen LogP contribution >= 0.6 is 22.6 Å². The number of hydrogen-bond donors (Lipinski definition) is 1. The summed E-state index contributed by atoms with van der Waals surface area (Å²) in [6.07, 6.45) is 1.89. The van der Waals surface area contributed by atoms with Crippen molar-refractivity contribution in [1.29, 1.82) is 0 Å². The van der Waals surface area contributed by atoms with Gasteiger partial charge in [0.2, 0.25) is 0 Å². The van der Waals surface area contributed by atoms with E-state index in [0.29, 0.717) is 0 Å². The summed E-state index contributed by atoms with van der Waals surface area (Å²) in [5.74, 6) is -0.250. The zero-order valence-electron chi connectivity index (χ0n) is 8.08. The Kier molecular flexibility index (Phi) is 2.90. The quantitative estimate of drug-likeness (QED) is 0.680. The molecular formula is C10H9IN2O2. The van der Waals surface area contributed by atoms with E-state index in [9.17, 15) is 4.79 Å². The minimum Gasteiger partial charge on any atom is -0.469 e. The van der Waals surface area contributed by atoms with E-state index >= 15 is 0 Å². The van der Waals surface area contributed by atoms with Gasteiger partial charge in [0, 0.05) is 3.57 Å². The predicted octanol–water partition coefficient (Wildman–Crippen LogP) is 1.88. The van der Waals surface area contributed by atoms with Crippen LogP contribution < -0.4 is 0 Å². The number of carbonyl (C=O) groups excluding carboxylic acids is 1. The van der Waals surface area contributed by atoms with E-state index < -0.39 is 0 Å². The summed E-state index contributed by atoms with van der Waals surface area (Å²) in [7, 11) is 1.39.